The highest BCUT2D eigenvalue weighted by atomic mass is 19.1. The molecule has 1 saturated carbocycles. The van der Waals surface area contributed by atoms with E-state index in [0.717, 1.165) is 57.3 Å². The number of carbonyl (C=O) groups excluding carboxylic acids is 1. The molecule has 3 N–H and O–H groups in total. The van der Waals surface area contributed by atoms with Crippen LogP contribution in [0.25, 0.3) is 22.2 Å². The third-order valence-corrected chi connectivity index (χ3v) is 8.72. The van der Waals surface area contributed by atoms with E-state index >= 15 is 4.39 Å². The minimum absolute atomic E-state index is 0.0251. The highest BCUT2D eigenvalue weighted by Crippen LogP contribution is 2.32. The fourth-order valence-corrected chi connectivity index (χ4v) is 6.23. The SMILES string of the molecule is CN(C)[C@@H]1CCCN(c2ccc(Nc3cc(-c4ccc(NC(=O)C5CCCCC5)cc4F)nc4cc[nH]c(=O)c34)nc2)C1. The van der Waals surface area contributed by atoms with Gasteiger partial charge in [-0.1, -0.05) is 19.3 Å². The van der Waals surface area contributed by atoms with Crippen molar-refractivity contribution in [1.82, 2.24) is 19.9 Å². The second-order valence-electron chi connectivity index (χ2n) is 11.9. The molecule has 43 heavy (non-hydrogen) atoms. The van der Waals surface area contributed by atoms with Gasteiger partial charge in [-0.25, -0.2) is 14.4 Å². The first-order valence-electron chi connectivity index (χ1n) is 15.1. The van der Waals surface area contributed by atoms with Gasteiger partial charge in [-0.3, -0.25) is 9.59 Å². The molecule has 1 amide bonds. The van der Waals surface area contributed by atoms with Crippen LogP contribution in [0, 0.1) is 11.7 Å². The standard InChI is InChI=1S/C33H38FN7O2/c1-40(2)24-9-6-16-41(20-24)23-11-13-30(36-19-23)39-29-18-28(38-27-14-15-35-33(43)31(27)29)25-12-10-22(17-26(25)34)37-32(42)21-7-4-3-5-8-21/h10-15,17-19,21,24H,3-9,16,20H2,1-2H3,(H,35,43)(H,37,42)(H,36,38,39)/t24-/m1/s1. The molecule has 2 aliphatic rings. The predicted molar refractivity (Wildman–Crippen MR) is 169 cm³/mol. The lowest BCUT2D eigenvalue weighted by atomic mass is 9.88. The number of likely N-dealkylation sites (N-methyl/N-ethyl adjacent to an activating group) is 1. The number of pyridine rings is 3. The van der Waals surface area contributed by atoms with Crippen LogP contribution in [-0.4, -0.2) is 59.0 Å². The summed E-state index contributed by atoms with van der Waals surface area (Å²) >= 11 is 0. The highest BCUT2D eigenvalue weighted by molar-refractivity contribution is 5.95. The van der Waals surface area contributed by atoms with Gasteiger partial charge in [0.2, 0.25) is 5.91 Å². The molecule has 9 nitrogen and oxygen atoms in total. The van der Waals surface area contributed by atoms with Gasteiger partial charge < -0.3 is 25.4 Å². The zero-order valence-electron chi connectivity index (χ0n) is 24.7. The molecular formula is C33H38FN7O2. The quantitative estimate of drug-likeness (QED) is 0.248. The third kappa shape index (κ3) is 6.39. The Morgan fingerprint density at radius 1 is 1.05 bits per heavy atom. The lowest BCUT2D eigenvalue weighted by molar-refractivity contribution is -0.120. The number of amides is 1. The monoisotopic (exact) mass is 583 g/mol. The van der Waals surface area contributed by atoms with Crippen LogP contribution in [0.15, 0.2) is 59.7 Å². The summed E-state index contributed by atoms with van der Waals surface area (Å²) in [6, 6.07) is 12.4. The number of fused-ring (bicyclic) bond motifs is 1. The molecule has 224 valence electrons. The molecule has 1 aliphatic carbocycles. The van der Waals surface area contributed by atoms with Gasteiger partial charge in [0, 0.05) is 42.5 Å². The van der Waals surface area contributed by atoms with Crippen molar-refractivity contribution < 1.29 is 9.18 Å². The molecule has 1 aliphatic heterocycles. The number of aromatic nitrogens is 3. The van der Waals surface area contributed by atoms with Gasteiger partial charge in [0.15, 0.2) is 0 Å². The van der Waals surface area contributed by atoms with Crippen molar-refractivity contribution >= 4 is 39.7 Å². The van der Waals surface area contributed by atoms with Crippen molar-refractivity contribution in [2.75, 3.05) is 42.7 Å². The second kappa shape index (κ2) is 12.5. The number of hydrogen-bond acceptors (Lipinski definition) is 7. The molecule has 0 spiro atoms. The van der Waals surface area contributed by atoms with Crippen molar-refractivity contribution in [2.24, 2.45) is 5.92 Å². The molecule has 1 atom stereocenters. The van der Waals surface area contributed by atoms with Crippen molar-refractivity contribution in [1.29, 1.82) is 0 Å². The average Bonchev–Trinajstić information content (AvgIpc) is 3.02. The summed E-state index contributed by atoms with van der Waals surface area (Å²) in [6.45, 7) is 1.94. The van der Waals surface area contributed by atoms with Gasteiger partial charge in [0.05, 0.1) is 34.2 Å². The van der Waals surface area contributed by atoms with Crippen molar-refractivity contribution in [3.63, 3.8) is 0 Å². The van der Waals surface area contributed by atoms with E-state index in [1.807, 2.05) is 18.3 Å². The van der Waals surface area contributed by atoms with E-state index in [4.69, 9.17) is 0 Å². The van der Waals surface area contributed by atoms with Crippen LogP contribution in [0.2, 0.25) is 0 Å². The minimum atomic E-state index is -0.510. The largest absolute Gasteiger partial charge is 0.369 e. The van der Waals surface area contributed by atoms with Gasteiger partial charge in [-0.05, 0) is 82.2 Å². The van der Waals surface area contributed by atoms with E-state index in [2.05, 4.69) is 49.5 Å². The number of benzene rings is 1. The summed E-state index contributed by atoms with van der Waals surface area (Å²) in [5, 5.41) is 6.51. The fraction of sp³-hybridized carbons (Fsp3) is 0.394. The normalized spacial score (nSPS) is 17.8. The van der Waals surface area contributed by atoms with Crippen molar-refractivity contribution in [3.8, 4) is 11.3 Å². The Bertz CT molecular complexity index is 1660. The third-order valence-electron chi connectivity index (χ3n) is 8.72. The van der Waals surface area contributed by atoms with Gasteiger partial charge in [0.1, 0.15) is 11.6 Å². The van der Waals surface area contributed by atoms with Gasteiger partial charge >= 0.3 is 0 Å². The van der Waals surface area contributed by atoms with Crippen LogP contribution in [-0.2, 0) is 4.79 Å². The topological polar surface area (TPSA) is 106 Å². The molecule has 1 aromatic carbocycles. The van der Waals surface area contributed by atoms with Crippen LogP contribution in [0.1, 0.15) is 44.9 Å². The lowest BCUT2D eigenvalue weighted by Gasteiger charge is -2.37. The summed E-state index contributed by atoms with van der Waals surface area (Å²) < 4.78 is 15.5. The number of nitrogens with one attached hydrogen (secondary N) is 3. The number of aromatic amines is 1. The smallest absolute Gasteiger partial charge is 0.259 e. The first-order valence-corrected chi connectivity index (χ1v) is 15.1. The number of piperidine rings is 1. The van der Waals surface area contributed by atoms with Gasteiger partial charge in [-0.2, -0.15) is 0 Å². The molecule has 0 bridgehead atoms. The van der Waals surface area contributed by atoms with Gasteiger partial charge in [0.25, 0.3) is 5.56 Å². The van der Waals surface area contributed by atoms with E-state index in [1.54, 1.807) is 24.3 Å². The van der Waals surface area contributed by atoms with Crippen molar-refractivity contribution in [2.45, 2.75) is 51.0 Å². The maximum atomic E-state index is 15.5. The fourth-order valence-electron chi connectivity index (χ4n) is 6.23. The molecule has 2 fully saturated rings. The van der Waals surface area contributed by atoms with Crippen molar-refractivity contribution in [3.05, 3.63) is 71.0 Å². The van der Waals surface area contributed by atoms with E-state index in [0.29, 0.717) is 39.8 Å². The molecule has 6 rings (SSSR count). The van der Waals surface area contributed by atoms with E-state index in [1.165, 1.54) is 18.7 Å². The number of anilines is 4. The Labute approximate surface area is 250 Å². The zero-order chi connectivity index (χ0) is 29.9. The molecule has 10 heteroatoms. The Morgan fingerprint density at radius 3 is 2.63 bits per heavy atom. The average molecular weight is 584 g/mol. The first-order chi connectivity index (χ1) is 20.9. The minimum Gasteiger partial charge on any atom is -0.369 e. The molecule has 4 aromatic rings. The summed E-state index contributed by atoms with van der Waals surface area (Å²) in [5.74, 6) is -0.0300. The predicted octanol–water partition coefficient (Wildman–Crippen LogP) is 5.92. The van der Waals surface area contributed by atoms with E-state index in [-0.39, 0.29) is 22.9 Å². The number of H-pyrrole nitrogens is 1. The maximum absolute atomic E-state index is 15.5. The second-order valence-corrected chi connectivity index (χ2v) is 11.9. The van der Waals surface area contributed by atoms with Crippen LogP contribution in [0.5, 0.6) is 0 Å². The first kappa shape index (κ1) is 28.8. The zero-order valence-corrected chi connectivity index (χ0v) is 24.7. The molecular weight excluding hydrogens is 545 g/mol. The van der Waals surface area contributed by atoms with Gasteiger partial charge in [-0.15, -0.1) is 0 Å². The number of halogens is 1. The van der Waals surface area contributed by atoms with E-state index in [9.17, 15) is 9.59 Å². The molecule has 0 radical (unpaired) electrons. The molecule has 0 unspecified atom stereocenters. The van der Waals surface area contributed by atoms with E-state index < -0.39 is 5.82 Å². The van der Waals surface area contributed by atoms with Crippen LogP contribution < -0.4 is 21.1 Å². The number of rotatable bonds is 7. The number of hydrogen-bond donors (Lipinski definition) is 3. The number of nitrogens with zero attached hydrogens (tertiary/aromatic N) is 4. The summed E-state index contributed by atoms with van der Waals surface area (Å²) in [5.41, 5.74) is 2.70. The highest BCUT2D eigenvalue weighted by Gasteiger charge is 2.23. The van der Waals surface area contributed by atoms with Crippen LogP contribution in [0.3, 0.4) is 0 Å². The summed E-state index contributed by atoms with van der Waals surface area (Å²) in [4.78, 5) is 42.1. The molecule has 4 heterocycles. The summed E-state index contributed by atoms with van der Waals surface area (Å²) in [7, 11) is 4.23. The Morgan fingerprint density at radius 2 is 1.88 bits per heavy atom. The summed E-state index contributed by atoms with van der Waals surface area (Å²) in [6.07, 6.45) is 10.7. The van der Waals surface area contributed by atoms with Crippen LogP contribution in [0.4, 0.5) is 27.3 Å². The maximum Gasteiger partial charge on any atom is 0.259 e. The number of carbonyl (C=O) groups is 1. The molecule has 3 aromatic heterocycles. The Kier molecular flexibility index (Phi) is 8.38. The lowest BCUT2D eigenvalue weighted by Crippen LogP contribution is -2.45. The Hall–Kier alpha value is -4.31. The molecule has 1 saturated heterocycles. The Balaban J connectivity index is 1.26. The van der Waals surface area contributed by atoms with Crippen LogP contribution >= 0.6 is 0 Å².